The number of hydrogen-bond donors (Lipinski definition) is 1. The highest BCUT2D eigenvalue weighted by Crippen LogP contribution is 2.07. The molecule has 0 aliphatic rings. The van der Waals surface area contributed by atoms with E-state index in [1.165, 1.54) is 12.8 Å². The lowest BCUT2D eigenvalue weighted by atomic mass is 10.1. The van der Waals surface area contributed by atoms with Crippen LogP contribution in [0.5, 0.6) is 0 Å². The summed E-state index contributed by atoms with van der Waals surface area (Å²) in [5.74, 6) is -0.428. The highest BCUT2D eigenvalue weighted by Gasteiger charge is 2.09. The van der Waals surface area contributed by atoms with E-state index in [1.807, 2.05) is 6.92 Å². The summed E-state index contributed by atoms with van der Waals surface area (Å²) in [6.07, 6.45) is 6.38. The van der Waals surface area contributed by atoms with Crippen LogP contribution in [-0.2, 0) is 4.74 Å². The van der Waals surface area contributed by atoms with Gasteiger partial charge in [0.2, 0.25) is 0 Å². The minimum absolute atomic E-state index is 0.0950. The Labute approximate surface area is 133 Å². The molecule has 1 amide bonds. The molecular weight excluding hydrogens is 278 g/mol. The Bertz CT molecular complexity index is 454. The van der Waals surface area contributed by atoms with Gasteiger partial charge in [0, 0.05) is 12.1 Å². The van der Waals surface area contributed by atoms with Crippen molar-refractivity contribution >= 4 is 11.9 Å². The Hall–Kier alpha value is -1.84. The van der Waals surface area contributed by atoms with E-state index in [0.717, 1.165) is 25.7 Å². The lowest BCUT2D eigenvalue weighted by Gasteiger charge is -2.06. The molecule has 1 aromatic rings. The molecule has 0 radical (unpaired) electrons. The number of rotatable bonds is 10. The van der Waals surface area contributed by atoms with Crippen molar-refractivity contribution in [3.63, 3.8) is 0 Å². The topological polar surface area (TPSA) is 55.4 Å². The predicted octanol–water partition coefficient (Wildman–Crippen LogP) is 3.95. The van der Waals surface area contributed by atoms with Crippen LogP contribution in [-0.4, -0.2) is 25.0 Å². The molecule has 0 unspecified atom stereocenters. The SMILES string of the molecule is CCCCCCNC(=O)c1ccc(C(=O)OCCCC)cc1. The molecule has 0 atom stereocenters. The molecule has 0 fully saturated rings. The van der Waals surface area contributed by atoms with Crippen molar-refractivity contribution in [2.45, 2.75) is 52.4 Å². The van der Waals surface area contributed by atoms with Crippen molar-refractivity contribution in [3.05, 3.63) is 35.4 Å². The molecule has 0 aliphatic heterocycles. The molecule has 0 heterocycles. The number of carbonyl (C=O) groups excluding carboxylic acids is 2. The van der Waals surface area contributed by atoms with Gasteiger partial charge in [-0.25, -0.2) is 4.79 Å². The van der Waals surface area contributed by atoms with E-state index in [0.29, 0.717) is 24.3 Å². The van der Waals surface area contributed by atoms with Crippen LogP contribution in [0.15, 0.2) is 24.3 Å². The van der Waals surface area contributed by atoms with E-state index in [9.17, 15) is 9.59 Å². The average Bonchev–Trinajstić information content (AvgIpc) is 2.54. The monoisotopic (exact) mass is 305 g/mol. The molecule has 4 heteroatoms. The van der Waals surface area contributed by atoms with Crippen LogP contribution in [0.2, 0.25) is 0 Å². The molecule has 22 heavy (non-hydrogen) atoms. The van der Waals surface area contributed by atoms with E-state index in [4.69, 9.17) is 4.74 Å². The summed E-state index contributed by atoms with van der Waals surface area (Å²) < 4.78 is 5.13. The van der Waals surface area contributed by atoms with Crippen molar-refractivity contribution in [1.82, 2.24) is 5.32 Å². The van der Waals surface area contributed by atoms with Crippen molar-refractivity contribution in [2.75, 3.05) is 13.2 Å². The molecule has 0 bridgehead atoms. The van der Waals surface area contributed by atoms with Crippen LogP contribution in [0.4, 0.5) is 0 Å². The van der Waals surface area contributed by atoms with E-state index in [-0.39, 0.29) is 11.9 Å². The summed E-state index contributed by atoms with van der Waals surface area (Å²) in [5.41, 5.74) is 1.05. The van der Waals surface area contributed by atoms with Gasteiger partial charge in [0.05, 0.1) is 12.2 Å². The molecular formula is C18H27NO3. The summed E-state index contributed by atoms with van der Waals surface area (Å²) in [4.78, 5) is 23.7. The second-order valence-corrected chi connectivity index (χ2v) is 5.38. The van der Waals surface area contributed by atoms with Crippen LogP contribution in [0.3, 0.4) is 0 Å². The Morgan fingerprint density at radius 2 is 1.55 bits per heavy atom. The zero-order valence-electron chi connectivity index (χ0n) is 13.7. The van der Waals surface area contributed by atoms with Crippen LogP contribution < -0.4 is 5.32 Å². The summed E-state index contributed by atoms with van der Waals surface area (Å²) >= 11 is 0. The Balaban J connectivity index is 2.39. The maximum atomic E-state index is 11.9. The van der Waals surface area contributed by atoms with Crippen molar-refractivity contribution in [3.8, 4) is 0 Å². The molecule has 1 aromatic carbocycles. The van der Waals surface area contributed by atoms with Gasteiger partial charge in [-0.15, -0.1) is 0 Å². The largest absolute Gasteiger partial charge is 0.462 e. The van der Waals surface area contributed by atoms with Gasteiger partial charge in [-0.2, -0.15) is 0 Å². The molecule has 4 nitrogen and oxygen atoms in total. The van der Waals surface area contributed by atoms with E-state index in [1.54, 1.807) is 24.3 Å². The van der Waals surface area contributed by atoms with Crippen LogP contribution in [0.1, 0.15) is 73.1 Å². The molecule has 0 saturated heterocycles. The first-order chi connectivity index (χ1) is 10.7. The van der Waals surface area contributed by atoms with Crippen molar-refractivity contribution < 1.29 is 14.3 Å². The number of benzene rings is 1. The van der Waals surface area contributed by atoms with Crippen LogP contribution in [0.25, 0.3) is 0 Å². The Kier molecular flexibility index (Phi) is 8.96. The van der Waals surface area contributed by atoms with Gasteiger partial charge in [0.15, 0.2) is 0 Å². The quantitative estimate of drug-likeness (QED) is 0.526. The lowest BCUT2D eigenvalue weighted by Crippen LogP contribution is -2.24. The molecule has 1 rings (SSSR count). The maximum Gasteiger partial charge on any atom is 0.338 e. The molecule has 0 aliphatic carbocycles. The second-order valence-electron chi connectivity index (χ2n) is 5.38. The van der Waals surface area contributed by atoms with Gasteiger partial charge in [-0.3, -0.25) is 4.79 Å². The maximum absolute atomic E-state index is 11.9. The first-order valence-corrected chi connectivity index (χ1v) is 8.24. The summed E-state index contributed by atoms with van der Waals surface area (Å²) in [6, 6.07) is 6.61. The Morgan fingerprint density at radius 1 is 0.909 bits per heavy atom. The molecule has 1 N–H and O–H groups in total. The van der Waals surface area contributed by atoms with Crippen LogP contribution >= 0.6 is 0 Å². The number of nitrogens with one attached hydrogen (secondary N) is 1. The fraction of sp³-hybridized carbons (Fsp3) is 0.556. The molecule has 0 aromatic heterocycles. The number of amides is 1. The second kappa shape index (κ2) is 10.8. The first kappa shape index (κ1) is 18.2. The lowest BCUT2D eigenvalue weighted by molar-refractivity contribution is 0.0499. The molecule has 0 saturated carbocycles. The minimum atomic E-state index is -0.333. The van der Waals surface area contributed by atoms with Gasteiger partial charge in [-0.05, 0) is 37.1 Å². The standard InChI is InChI=1S/C18H27NO3/c1-3-5-7-8-13-19-17(20)15-9-11-16(12-10-15)18(21)22-14-6-4-2/h9-12H,3-8,13-14H2,1-2H3,(H,19,20). The van der Waals surface area contributed by atoms with Gasteiger partial charge < -0.3 is 10.1 Å². The summed E-state index contributed by atoms with van der Waals surface area (Å²) in [5, 5.41) is 2.89. The van der Waals surface area contributed by atoms with Gasteiger partial charge in [0.25, 0.3) is 5.91 Å². The van der Waals surface area contributed by atoms with Gasteiger partial charge in [0.1, 0.15) is 0 Å². The van der Waals surface area contributed by atoms with Gasteiger partial charge >= 0.3 is 5.97 Å². The molecule has 122 valence electrons. The zero-order valence-corrected chi connectivity index (χ0v) is 13.7. The van der Waals surface area contributed by atoms with E-state index < -0.39 is 0 Å². The van der Waals surface area contributed by atoms with E-state index >= 15 is 0 Å². The number of unbranched alkanes of at least 4 members (excludes halogenated alkanes) is 4. The number of esters is 1. The highest BCUT2D eigenvalue weighted by molar-refractivity contribution is 5.96. The summed E-state index contributed by atoms with van der Waals surface area (Å²) in [7, 11) is 0. The zero-order chi connectivity index (χ0) is 16.2. The minimum Gasteiger partial charge on any atom is -0.462 e. The summed E-state index contributed by atoms with van der Waals surface area (Å²) in [6.45, 7) is 5.34. The third-order valence-electron chi connectivity index (χ3n) is 3.43. The fourth-order valence-corrected chi connectivity index (χ4v) is 2.01. The van der Waals surface area contributed by atoms with Crippen molar-refractivity contribution in [1.29, 1.82) is 0 Å². The normalized spacial score (nSPS) is 10.3. The van der Waals surface area contributed by atoms with Crippen LogP contribution in [0, 0.1) is 0 Å². The smallest absolute Gasteiger partial charge is 0.338 e. The fourth-order valence-electron chi connectivity index (χ4n) is 2.01. The van der Waals surface area contributed by atoms with E-state index in [2.05, 4.69) is 12.2 Å². The third-order valence-corrected chi connectivity index (χ3v) is 3.43. The third kappa shape index (κ3) is 6.74. The first-order valence-electron chi connectivity index (χ1n) is 8.24. The number of hydrogen-bond acceptors (Lipinski definition) is 3. The number of ether oxygens (including phenoxy) is 1. The molecule has 0 spiro atoms. The Morgan fingerprint density at radius 3 is 2.18 bits per heavy atom. The van der Waals surface area contributed by atoms with Crippen molar-refractivity contribution in [2.24, 2.45) is 0 Å². The highest BCUT2D eigenvalue weighted by atomic mass is 16.5. The predicted molar refractivity (Wildman–Crippen MR) is 88.1 cm³/mol. The average molecular weight is 305 g/mol. The van der Waals surface area contributed by atoms with Gasteiger partial charge in [-0.1, -0.05) is 39.5 Å². The number of carbonyl (C=O) groups is 2.